The van der Waals surface area contributed by atoms with E-state index in [1.165, 1.54) is 18.3 Å². The lowest BCUT2D eigenvalue weighted by Crippen LogP contribution is -2.22. The van der Waals surface area contributed by atoms with Gasteiger partial charge in [-0.3, -0.25) is 4.79 Å². The summed E-state index contributed by atoms with van der Waals surface area (Å²) in [6, 6.07) is 12.0. The van der Waals surface area contributed by atoms with Crippen LogP contribution in [-0.2, 0) is 6.54 Å². The third kappa shape index (κ3) is 4.40. The van der Waals surface area contributed by atoms with Crippen LogP contribution in [0.5, 0.6) is 5.75 Å². The number of methoxy groups -OCH3 is 1. The van der Waals surface area contributed by atoms with Gasteiger partial charge in [0, 0.05) is 12.7 Å². The maximum absolute atomic E-state index is 13.7. The van der Waals surface area contributed by atoms with Crippen molar-refractivity contribution in [3.63, 3.8) is 0 Å². The van der Waals surface area contributed by atoms with Crippen molar-refractivity contribution in [1.29, 1.82) is 0 Å². The van der Waals surface area contributed by atoms with Crippen LogP contribution in [0, 0.1) is 17.5 Å². The second-order valence-electron chi connectivity index (χ2n) is 5.81. The zero-order valence-electron chi connectivity index (χ0n) is 14.8. The molecular formula is C20H16F3N3O2. The molecule has 0 saturated heterocycles. The molecule has 5 nitrogen and oxygen atoms in total. The highest BCUT2D eigenvalue weighted by atomic mass is 19.2. The molecule has 28 heavy (non-hydrogen) atoms. The molecule has 0 aliphatic rings. The van der Waals surface area contributed by atoms with E-state index in [-0.39, 0.29) is 17.4 Å². The Hall–Kier alpha value is -3.55. The lowest BCUT2D eigenvalue weighted by Gasteiger charge is -2.09. The number of amides is 1. The fourth-order valence-corrected chi connectivity index (χ4v) is 2.39. The first-order valence-electron chi connectivity index (χ1n) is 8.25. The molecule has 144 valence electrons. The number of pyridine rings is 1. The van der Waals surface area contributed by atoms with E-state index in [9.17, 15) is 18.0 Å². The van der Waals surface area contributed by atoms with E-state index in [1.54, 1.807) is 19.2 Å². The summed E-state index contributed by atoms with van der Waals surface area (Å²) >= 11 is 0. The normalized spacial score (nSPS) is 10.4. The molecule has 0 bridgehead atoms. The average molecular weight is 387 g/mol. The van der Waals surface area contributed by atoms with Crippen molar-refractivity contribution in [2.24, 2.45) is 0 Å². The minimum absolute atomic E-state index is 0.177. The van der Waals surface area contributed by atoms with E-state index in [1.807, 2.05) is 12.1 Å². The number of nitrogens with zero attached hydrogens (tertiary/aromatic N) is 1. The van der Waals surface area contributed by atoms with Crippen LogP contribution in [0.3, 0.4) is 0 Å². The number of hydrogen-bond donors (Lipinski definition) is 2. The molecule has 2 N–H and O–H groups in total. The largest absolute Gasteiger partial charge is 0.497 e. The fourth-order valence-electron chi connectivity index (χ4n) is 2.39. The lowest BCUT2D eigenvalue weighted by molar-refractivity contribution is 0.0950. The number of carbonyl (C=O) groups is 1. The molecule has 8 heteroatoms. The Bertz CT molecular complexity index is 977. The molecule has 1 amide bonds. The van der Waals surface area contributed by atoms with Crippen LogP contribution in [0.15, 0.2) is 54.7 Å². The molecule has 0 radical (unpaired) electrons. The molecule has 3 rings (SSSR count). The Kier molecular flexibility index (Phi) is 5.78. The second kappa shape index (κ2) is 8.43. The number of ether oxygens (including phenoxy) is 1. The third-order valence-electron chi connectivity index (χ3n) is 3.94. The van der Waals surface area contributed by atoms with Gasteiger partial charge in [-0.2, -0.15) is 0 Å². The van der Waals surface area contributed by atoms with Crippen LogP contribution >= 0.6 is 0 Å². The molecule has 1 aromatic heterocycles. The summed E-state index contributed by atoms with van der Waals surface area (Å²) in [5, 5.41) is 5.29. The monoisotopic (exact) mass is 387 g/mol. The average Bonchev–Trinajstić information content (AvgIpc) is 2.73. The van der Waals surface area contributed by atoms with Crippen LogP contribution in [0.25, 0.3) is 0 Å². The van der Waals surface area contributed by atoms with Gasteiger partial charge in [-0.25, -0.2) is 18.2 Å². The third-order valence-corrected chi connectivity index (χ3v) is 3.94. The smallest absolute Gasteiger partial charge is 0.253 e. The van der Waals surface area contributed by atoms with Crippen molar-refractivity contribution in [2.75, 3.05) is 12.4 Å². The summed E-state index contributed by atoms with van der Waals surface area (Å²) in [7, 11) is 1.57. The summed E-state index contributed by atoms with van der Waals surface area (Å²) in [5.74, 6) is -3.63. The van der Waals surface area contributed by atoms with Crippen LogP contribution in [0.4, 0.5) is 24.7 Å². The predicted molar refractivity (Wildman–Crippen MR) is 98.0 cm³/mol. The molecule has 0 unspecified atom stereocenters. The van der Waals surface area contributed by atoms with Gasteiger partial charge in [-0.05, 0) is 42.0 Å². The number of rotatable bonds is 6. The van der Waals surface area contributed by atoms with E-state index in [0.717, 1.165) is 23.4 Å². The summed E-state index contributed by atoms with van der Waals surface area (Å²) in [4.78, 5) is 16.2. The van der Waals surface area contributed by atoms with E-state index in [0.29, 0.717) is 12.1 Å². The van der Waals surface area contributed by atoms with Gasteiger partial charge in [0.1, 0.15) is 11.6 Å². The standard InChI is InChI=1S/C20H16F3N3O2/c1-28-14-5-2-12(3-6-14)10-25-20(27)13-4-9-17(24-11-13)26-16-8-7-15(21)18(22)19(16)23/h2-9,11H,10H2,1H3,(H,24,26)(H,25,27). The van der Waals surface area contributed by atoms with Gasteiger partial charge in [0.25, 0.3) is 5.91 Å². The van der Waals surface area contributed by atoms with Gasteiger partial charge in [0.15, 0.2) is 17.5 Å². The first kappa shape index (κ1) is 19.2. The Morgan fingerprint density at radius 2 is 1.75 bits per heavy atom. The van der Waals surface area contributed by atoms with Crippen molar-refractivity contribution in [3.8, 4) is 5.75 Å². The molecule has 0 aliphatic heterocycles. The second-order valence-corrected chi connectivity index (χ2v) is 5.81. The van der Waals surface area contributed by atoms with E-state index in [2.05, 4.69) is 15.6 Å². The van der Waals surface area contributed by atoms with E-state index >= 15 is 0 Å². The topological polar surface area (TPSA) is 63.2 Å². The number of halogens is 3. The molecule has 0 atom stereocenters. The number of benzene rings is 2. The summed E-state index contributed by atoms with van der Waals surface area (Å²) in [5.41, 5.74) is 0.933. The lowest BCUT2D eigenvalue weighted by atomic mass is 10.2. The van der Waals surface area contributed by atoms with Crippen molar-refractivity contribution < 1.29 is 22.7 Å². The SMILES string of the molecule is COc1ccc(CNC(=O)c2ccc(Nc3ccc(F)c(F)c3F)nc2)cc1. The molecule has 2 aromatic carbocycles. The quantitative estimate of drug-likeness (QED) is 0.623. The van der Waals surface area contributed by atoms with Gasteiger partial charge < -0.3 is 15.4 Å². The number of hydrogen-bond acceptors (Lipinski definition) is 4. The zero-order valence-corrected chi connectivity index (χ0v) is 14.8. The van der Waals surface area contributed by atoms with Crippen LogP contribution in [0.1, 0.15) is 15.9 Å². The first-order valence-corrected chi connectivity index (χ1v) is 8.25. The van der Waals surface area contributed by atoms with Crippen LogP contribution in [-0.4, -0.2) is 18.0 Å². The Morgan fingerprint density at radius 1 is 1.00 bits per heavy atom. The molecule has 3 aromatic rings. The van der Waals surface area contributed by atoms with E-state index in [4.69, 9.17) is 4.74 Å². The highest BCUT2D eigenvalue weighted by Gasteiger charge is 2.14. The van der Waals surface area contributed by atoms with Gasteiger partial charge in [-0.1, -0.05) is 12.1 Å². The number of nitrogens with one attached hydrogen (secondary N) is 2. The van der Waals surface area contributed by atoms with Crippen molar-refractivity contribution in [2.45, 2.75) is 6.54 Å². The summed E-state index contributed by atoms with van der Waals surface area (Å²) in [6.07, 6.45) is 1.30. The number of carbonyl (C=O) groups excluding carboxylic acids is 1. The molecule has 1 heterocycles. The van der Waals surface area contributed by atoms with E-state index < -0.39 is 17.5 Å². The van der Waals surface area contributed by atoms with Gasteiger partial charge >= 0.3 is 0 Å². The molecule has 0 aliphatic carbocycles. The Balaban J connectivity index is 1.61. The molecular weight excluding hydrogens is 371 g/mol. The number of aromatic nitrogens is 1. The first-order chi connectivity index (χ1) is 13.5. The molecule has 0 saturated carbocycles. The van der Waals surface area contributed by atoms with Crippen LogP contribution in [0.2, 0.25) is 0 Å². The summed E-state index contributed by atoms with van der Waals surface area (Å²) < 4.78 is 45.0. The van der Waals surface area contributed by atoms with Crippen molar-refractivity contribution >= 4 is 17.4 Å². The molecule has 0 fully saturated rings. The predicted octanol–water partition coefficient (Wildman–Crippen LogP) is 4.18. The maximum atomic E-state index is 13.7. The highest BCUT2D eigenvalue weighted by molar-refractivity contribution is 5.94. The minimum atomic E-state index is -1.57. The van der Waals surface area contributed by atoms with Gasteiger partial charge in [0.2, 0.25) is 0 Å². The van der Waals surface area contributed by atoms with Crippen LogP contribution < -0.4 is 15.4 Å². The number of anilines is 2. The maximum Gasteiger partial charge on any atom is 0.253 e. The zero-order chi connectivity index (χ0) is 20.1. The van der Waals surface area contributed by atoms with Gasteiger partial charge in [-0.15, -0.1) is 0 Å². The Morgan fingerprint density at radius 3 is 2.39 bits per heavy atom. The minimum Gasteiger partial charge on any atom is -0.497 e. The van der Waals surface area contributed by atoms with Gasteiger partial charge in [0.05, 0.1) is 18.4 Å². The summed E-state index contributed by atoms with van der Waals surface area (Å²) in [6.45, 7) is 0.322. The Labute approximate surface area is 159 Å². The van der Waals surface area contributed by atoms with Crippen molar-refractivity contribution in [1.82, 2.24) is 10.3 Å². The molecule has 0 spiro atoms. The highest BCUT2D eigenvalue weighted by Crippen LogP contribution is 2.22. The fraction of sp³-hybridized carbons (Fsp3) is 0.100. The van der Waals surface area contributed by atoms with Crippen molar-refractivity contribution in [3.05, 3.63) is 83.3 Å².